The third-order valence-electron chi connectivity index (χ3n) is 4.73. The van der Waals surface area contributed by atoms with E-state index in [1.807, 2.05) is 24.0 Å². The van der Waals surface area contributed by atoms with Crippen LogP contribution in [0.5, 0.6) is 5.75 Å². The zero-order valence-corrected chi connectivity index (χ0v) is 14.0. The number of amides is 1. The molecule has 2 heterocycles. The molecule has 1 aromatic carbocycles. The predicted molar refractivity (Wildman–Crippen MR) is 90.1 cm³/mol. The highest BCUT2D eigenvalue weighted by Crippen LogP contribution is 2.33. The lowest BCUT2D eigenvalue weighted by atomic mass is 9.99. The molecule has 1 aromatic rings. The minimum absolute atomic E-state index is 0.00954. The van der Waals surface area contributed by atoms with Crippen LogP contribution >= 0.6 is 0 Å². The van der Waals surface area contributed by atoms with E-state index in [1.54, 1.807) is 11.0 Å². The van der Waals surface area contributed by atoms with Gasteiger partial charge in [-0.1, -0.05) is 6.07 Å². The third-order valence-corrected chi connectivity index (χ3v) is 4.73. The minimum atomic E-state index is -0.343. The summed E-state index contributed by atoms with van der Waals surface area (Å²) in [6.07, 6.45) is 3.63. The van der Waals surface area contributed by atoms with Crippen molar-refractivity contribution in [1.82, 2.24) is 4.90 Å². The second-order valence-electron chi connectivity index (χ2n) is 6.55. The van der Waals surface area contributed by atoms with Gasteiger partial charge in [-0.15, -0.1) is 0 Å². The van der Waals surface area contributed by atoms with Crippen molar-refractivity contribution in [1.29, 1.82) is 0 Å². The first-order valence-corrected chi connectivity index (χ1v) is 8.55. The van der Waals surface area contributed by atoms with Gasteiger partial charge in [-0.05, 0) is 50.3 Å². The van der Waals surface area contributed by atoms with Crippen LogP contribution in [-0.2, 0) is 9.59 Å². The van der Waals surface area contributed by atoms with E-state index in [1.165, 1.54) is 0 Å². The molecule has 2 aliphatic rings. The molecule has 1 amide bonds. The van der Waals surface area contributed by atoms with Gasteiger partial charge in [0.1, 0.15) is 6.54 Å². The quantitative estimate of drug-likeness (QED) is 0.668. The number of aryl methyl sites for hydroxylation is 1. The van der Waals surface area contributed by atoms with Gasteiger partial charge in [0.2, 0.25) is 5.91 Å². The Kier molecular flexibility index (Phi) is 5.04. The van der Waals surface area contributed by atoms with Crippen LogP contribution in [0.2, 0.25) is 0 Å². The summed E-state index contributed by atoms with van der Waals surface area (Å²) < 4.78 is 5.27. The average Bonchev–Trinajstić information content (AvgIpc) is 2.56. The first-order chi connectivity index (χ1) is 11.6. The number of aliphatic hydroxyl groups excluding tert-OH is 1. The van der Waals surface area contributed by atoms with E-state index in [0.29, 0.717) is 12.2 Å². The highest BCUT2D eigenvalue weighted by Gasteiger charge is 2.30. The summed E-state index contributed by atoms with van der Waals surface area (Å²) in [6, 6.07) is 5.70. The summed E-state index contributed by atoms with van der Waals surface area (Å²) in [6.45, 7) is 3.03. The van der Waals surface area contributed by atoms with Gasteiger partial charge in [0.15, 0.2) is 5.75 Å². The fourth-order valence-electron chi connectivity index (χ4n) is 3.53. The van der Waals surface area contributed by atoms with Crippen molar-refractivity contribution < 1.29 is 19.4 Å². The Morgan fingerprint density at radius 2 is 2.21 bits per heavy atom. The van der Waals surface area contributed by atoms with Crippen molar-refractivity contribution in [2.24, 2.45) is 0 Å². The number of likely N-dealkylation sites (tertiary alicyclic amines) is 1. The Bertz CT molecular complexity index is 629. The molecule has 0 bridgehead atoms. The minimum Gasteiger partial charge on any atom is -0.423 e. The summed E-state index contributed by atoms with van der Waals surface area (Å²) >= 11 is 0. The summed E-state index contributed by atoms with van der Waals surface area (Å²) in [5.41, 5.74) is 1.85. The van der Waals surface area contributed by atoms with Crippen LogP contribution in [0.15, 0.2) is 18.2 Å². The molecule has 1 unspecified atom stereocenters. The molecule has 1 saturated heterocycles. The molecule has 1 N–H and O–H groups in total. The Hall–Kier alpha value is -2.08. The molecule has 6 nitrogen and oxygen atoms in total. The van der Waals surface area contributed by atoms with Crippen LogP contribution in [0.3, 0.4) is 0 Å². The number of anilines is 1. The van der Waals surface area contributed by atoms with Crippen LogP contribution in [-0.4, -0.2) is 54.2 Å². The molecular formula is C18H24N2O4. The Morgan fingerprint density at radius 3 is 3.00 bits per heavy atom. The molecule has 1 fully saturated rings. The van der Waals surface area contributed by atoms with Crippen molar-refractivity contribution in [2.75, 3.05) is 31.1 Å². The van der Waals surface area contributed by atoms with Gasteiger partial charge in [-0.2, -0.15) is 0 Å². The number of benzene rings is 1. The number of hydrogen-bond donors (Lipinski definition) is 1. The summed E-state index contributed by atoms with van der Waals surface area (Å²) in [4.78, 5) is 28.3. The normalized spacial score (nSPS) is 20.6. The average molecular weight is 332 g/mol. The molecule has 0 saturated carbocycles. The van der Waals surface area contributed by atoms with Crippen molar-refractivity contribution in [2.45, 2.75) is 38.6 Å². The van der Waals surface area contributed by atoms with Crippen molar-refractivity contribution in [3.8, 4) is 5.75 Å². The highest BCUT2D eigenvalue weighted by atomic mass is 16.5. The maximum Gasteiger partial charge on any atom is 0.331 e. The smallest absolute Gasteiger partial charge is 0.331 e. The molecule has 0 spiro atoms. The lowest BCUT2D eigenvalue weighted by molar-refractivity contribution is -0.134. The highest BCUT2D eigenvalue weighted by molar-refractivity contribution is 5.89. The SMILES string of the molecule is Cc1ccc2c(c1)N(CC(=O)N1CCCCC1CCO)CC(=O)O2. The van der Waals surface area contributed by atoms with E-state index in [-0.39, 0.29) is 37.6 Å². The zero-order valence-electron chi connectivity index (χ0n) is 14.0. The van der Waals surface area contributed by atoms with E-state index in [9.17, 15) is 14.7 Å². The maximum absolute atomic E-state index is 12.8. The Morgan fingerprint density at radius 1 is 1.38 bits per heavy atom. The van der Waals surface area contributed by atoms with E-state index in [2.05, 4.69) is 0 Å². The largest absolute Gasteiger partial charge is 0.423 e. The number of esters is 1. The number of ether oxygens (including phenoxy) is 1. The summed E-state index contributed by atoms with van der Waals surface area (Å²) in [5.74, 6) is 0.176. The fourth-order valence-corrected chi connectivity index (χ4v) is 3.53. The summed E-state index contributed by atoms with van der Waals surface area (Å²) in [5, 5.41) is 9.23. The van der Waals surface area contributed by atoms with Gasteiger partial charge in [-0.3, -0.25) is 4.79 Å². The predicted octanol–water partition coefficient (Wildman–Crippen LogP) is 1.48. The summed E-state index contributed by atoms with van der Waals surface area (Å²) in [7, 11) is 0. The van der Waals surface area contributed by atoms with E-state index in [4.69, 9.17) is 4.74 Å². The second-order valence-corrected chi connectivity index (χ2v) is 6.55. The number of fused-ring (bicyclic) bond motifs is 1. The molecule has 0 aliphatic carbocycles. The number of carbonyl (C=O) groups excluding carboxylic acids is 2. The number of rotatable bonds is 4. The van der Waals surface area contributed by atoms with Crippen molar-refractivity contribution in [3.63, 3.8) is 0 Å². The topological polar surface area (TPSA) is 70.1 Å². The van der Waals surface area contributed by atoms with Crippen LogP contribution in [0.4, 0.5) is 5.69 Å². The first-order valence-electron chi connectivity index (χ1n) is 8.55. The molecule has 1 atom stereocenters. The van der Waals surface area contributed by atoms with Crippen LogP contribution < -0.4 is 9.64 Å². The number of piperidine rings is 1. The van der Waals surface area contributed by atoms with Gasteiger partial charge in [0, 0.05) is 19.2 Å². The maximum atomic E-state index is 12.8. The third kappa shape index (κ3) is 3.53. The molecular weight excluding hydrogens is 308 g/mol. The van der Waals surface area contributed by atoms with Gasteiger partial charge in [0.25, 0.3) is 0 Å². The first kappa shape index (κ1) is 16.8. The van der Waals surface area contributed by atoms with Crippen LogP contribution in [0, 0.1) is 6.92 Å². The fraction of sp³-hybridized carbons (Fsp3) is 0.556. The lowest BCUT2D eigenvalue weighted by Gasteiger charge is -2.38. The molecule has 3 rings (SSSR count). The molecule has 0 radical (unpaired) electrons. The number of aliphatic hydroxyl groups is 1. The van der Waals surface area contributed by atoms with Crippen LogP contribution in [0.1, 0.15) is 31.2 Å². The van der Waals surface area contributed by atoms with Crippen molar-refractivity contribution >= 4 is 17.6 Å². The Labute approximate surface area is 142 Å². The van der Waals surface area contributed by atoms with E-state index < -0.39 is 0 Å². The van der Waals surface area contributed by atoms with Gasteiger partial charge in [0.05, 0.1) is 12.2 Å². The van der Waals surface area contributed by atoms with E-state index in [0.717, 1.165) is 37.1 Å². The molecule has 2 aliphatic heterocycles. The Balaban J connectivity index is 1.76. The lowest BCUT2D eigenvalue weighted by Crippen LogP contribution is -2.50. The molecule has 24 heavy (non-hydrogen) atoms. The molecule has 6 heteroatoms. The van der Waals surface area contributed by atoms with Gasteiger partial charge < -0.3 is 19.6 Å². The number of nitrogens with zero attached hydrogens (tertiary/aromatic N) is 2. The van der Waals surface area contributed by atoms with Gasteiger partial charge in [-0.25, -0.2) is 4.79 Å². The van der Waals surface area contributed by atoms with Gasteiger partial charge >= 0.3 is 5.97 Å². The zero-order chi connectivity index (χ0) is 17.1. The standard InChI is InChI=1S/C18H24N2O4/c1-13-5-6-16-15(10-13)19(12-18(23)24-16)11-17(22)20-8-3-2-4-14(20)7-9-21/h5-6,10,14,21H,2-4,7-9,11-12H2,1H3. The van der Waals surface area contributed by atoms with Crippen LogP contribution in [0.25, 0.3) is 0 Å². The monoisotopic (exact) mass is 332 g/mol. The second kappa shape index (κ2) is 7.21. The molecule has 130 valence electrons. The molecule has 0 aromatic heterocycles. The van der Waals surface area contributed by atoms with Crippen molar-refractivity contribution in [3.05, 3.63) is 23.8 Å². The number of hydrogen-bond acceptors (Lipinski definition) is 5. The van der Waals surface area contributed by atoms with E-state index >= 15 is 0 Å². The number of carbonyl (C=O) groups is 2.